The third-order valence-corrected chi connectivity index (χ3v) is 3.01. The second-order valence-electron chi connectivity index (χ2n) is 6.29. The third kappa shape index (κ3) is 6.99. The predicted molar refractivity (Wildman–Crippen MR) is 89.8 cm³/mol. The Morgan fingerprint density at radius 1 is 1.26 bits per heavy atom. The maximum Gasteiger partial charge on any atom is 0.407 e. The van der Waals surface area contributed by atoms with E-state index in [1.165, 1.54) is 0 Å². The van der Waals surface area contributed by atoms with Crippen LogP contribution in [0.4, 0.5) is 16.2 Å². The topological polar surface area (TPSA) is 93.5 Å². The van der Waals surface area contributed by atoms with Crippen LogP contribution in [0.5, 0.6) is 0 Å². The first-order chi connectivity index (χ1) is 10.7. The van der Waals surface area contributed by atoms with Crippen molar-refractivity contribution >= 4 is 17.5 Å². The number of carbonyl (C=O) groups is 1. The summed E-state index contributed by atoms with van der Waals surface area (Å²) in [7, 11) is 0. The number of benzene rings is 1. The van der Waals surface area contributed by atoms with Crippen LogP contribution in [-0.2, 0) is 4.74 Å². The molecule has 0 saturated carbocycles. The molecule has 0 aliphatic rings. The first-order valence-corrected chi connectivity index (χ1v) is 7.65. The molecule has 0 aliphatic heterocycles. The summed E-state index contributed by atoms with van der Waals surface area (Å²) in [5.41, 5.74) is 0.761. The van der Waals surface area contributed by atoms with E-state index in [9.17, 15) is 14.9 Å². The number of para-hydroxylation sites is 1. The predicted octanol–water partition coefficient (Wildman–Crippen LogP) is 3.62. The highest BCUT2D eigenvalue weighted by atomic mass is 16.6. The van der Waals surface area contributed by atoms with Crippen molar-refractivity contribution in [3.8, 4) is 0 Å². The van der Waals surface area contributed by atoms with Gasteiger partial charge in [0.15, 0.2) is 0 Å². The number of rotatable bonds is 7. The van der Waals surface area contributed by atoms with E-state index < -0.39 is 11.7 Å². The van der Waals surface area contributed by atoms with Crippen LogP contribution in [-0.4, -0.2) is 29.7 Å². The number of aryl methyl sites for hydroxylation is 1. The highest BCUT2D eigenvalue weighted by Gasteiger charge is 2.16. The lowest BCUT2D eigenvalue weighted by molar-refractivity contribution is -0.384. The lowest BCUT2D eigenvalue weighted by Gasteiger charge is -2.19. The second kappa shape index (κ2) is 8.36. The van der Waals surface area contributed by atoms with E-state index in [1.807, 2.05) is 20.8 Å². The van der Waals surface area contributed by atoms with Crippen LogP contribution in [0.2, 0.25) is 0 Å². The van der Waals surface area contributed by atoms with Gasteiger partial charge in [-0.1, -0.05) is 12.1 Å². The van der Waals surface area contributed by atoms with E-state index in [-0.39, 0.29) is 10.6 Å². The summed E-state index contributed by atoms with van der Waals surface area (Å²) in [4.78, 5) is 22.1. The second-order valence-corrected chi connectivity index (χ2v) is 6.29. The molecule has 1 rings (SSSR count). The Bertz CT molecular complexity index is 553. The Labute approximate surface area is 136 Å². The minimum Gasteiger partial charge on any atom is -0.444 e. The minimum atomic E-state index is -0.504. The molecule has 128 valence electrons. The van der Waals surface area contributed by atoms with Gasteiger partial charge in [-0.25, -0.2) is 4.79 Å². The summed E-state index contributed by atoms with van der Waals surface area (Å²) in [6.45, 7) is 8.25. The maximum atomic E-state index is 11.4. The molecule has 7 nitrogen and oxygen atoms in total. The number of nitro groups is 1. The van der Waals surface area contributed by atoms with Gasteiger partial charge in [-0.2, -0.15) is 0 Å². The summed E-state index contributed by atoms with van der Waals surface area (Å²) in [5, 5.41) is 16.8. The van der Waals surface area contributed by atoms with Crippen LogP contribution < -0.4 is 10.6 Å². The van der Waals surface area contributed by atoms with Crippen LogP contribution in [0.1, 0.15) is 39.2 Å². The number of unbranched alkanes of at least 4 members (excludes halogenated alkanes) is 1. The number of nitro benzene ring substituents is 1. The summed E-state index contributed by atoms with van der Waals surface area (Å²) < 4.78 is 5.13. The Kier molecular flexibility index (Phi) is 6.81. The Hall–Kier alpha value is -2.31. The first kappa shape index (κ1) is 18.7. The van der Waals surface area contributed by atoms with Crippen LogP contribution in [0.15, 0.2) is 18.2 Å². The average molecular weight is 323 g/mol. The number of ether oxygens (including phenoxy) is 1. The molecule has 0 atom stereocenters. The van der Waals surface area contributed by atoms with E-state index in [2.05, 4.69) is 10.6 Å². The molecule has 0 aliphatic carbocycles. The largest absolute Gasteiger partial charge is 0.444 e. The molecule has 1 amide bonds. The lowest BCUT2D eigenvalue weighted by atomic mass is 10.1. The zero-order valence-corrected chi connectivity index (χ0v) is 14.1. The zero-order valence-electron chi connectivity index (χ0n) is 14.1. The number of nitrogens with one attached hydrogen (secondary N) is 2. The lowest BCUT2D eigenvalue weighted by Crippen LogP contribution is -2.33. The molecule has 0 unspecified atom stereocenters. The Morgan fingerprint density at radius 3 is 2.52 bits per heavy atom. The standard InChI is InChI=1S/C16H25N3O4/c1-12-8-7-9-13(14(12)19(21)22)17-10-5-6-11-18-15(20)23-16(2,3)4/h7-9,17H,5-6,10-11H2,1-4H3,(H,18,20). The molecule has 0 radical (unpaired) electrons. The summed E-state index contributed by atoms with van der Waals surface area (Å²) >= 11 is 0. The van der Waals surface area contributed by atoms with Crippen LogP contribution in [0.25, 0.3) is 0 Å². The molecular formula is C16H25N3O4. The molecule has 7 heteroatoms. The smallest absolute Gasteiger partial charge is 0.407 e. The van der Waals surface area contributed by atoms with Crippen molar-refractivity contribution in [1.29, 1.82) is 0 Å². The minimum absolute atomic E-state index is 0.111. The summed E-state index contributed by atoms with van der Waals surface area (Å²) in [6, 6.07) is 5.20. The normalized spacial score (nSPS) is 11.0. The molecule has 2 N–H and O–H groups in total. The van der Waals surface area contributed by atoms with Crippen molar-refractivity contribution in [3.63, 3.8) is 0 Å². The zero-order chi connectivity index (χ0) is 17.5. The van der Waals surface area contributed by atoms with Crippen LogP contribution in [0.3, 0.4) is 0 Å². The number of anilines is 1. The molecule has 0 bridgehead atoms. The van der Waals surface area contributed by atoms with E-state index in [4.69, 9.17) is 4.74 Å². The number of hydrogen-bond acceptors (Lipinski definition) is 5. The number of alkyl carbamates (subject to hydrolysis) is 1. The molecule has 0 heterocycles. The molecule has 1 aromatic rings. The highest BCUT2D eigenvalue weighted by molar-refractivity contribution is 5.67. The fourth-order valence-corrected chi connectivity index (χ4v) is 2.02. The van der Waals surface area contributed by atoms with E-state index in [0.717, 1.165) is 12.8 Å². The molecule has 0 aromatic heterocycles. The molecule has 23 heavy (non-hydrogen) atoms. The van der Waals surface area contributed by atoms with E-state index in [0.29, 0.717) is 24.3 Å². The Balaban J connectivity index is 2.30. The fourth-order valence-electron chi connectivity index (χ4n) is 2.02. The summed E-state index contributed by atoms with van der Waals surface area (Å²) in [6.07, 6.45) is 1.10. The average Bonchev–Trinajstić information content (AvgIpc) is 2.40. The van der Waals surface area contributed by atoms with Gasteiger partial charge >= 0.3 is 6.09 Å². The van der Waals surface area contributed by atoms with Gasteiger partial charge < -0.3 is 15.4 Å². The van der Waals surface area contributed by atoms with Gasteiger partial charge in [0.2, 0.25) is 0 Å². The van der Waals surface area contributed by atoms with Crippen molar-refractivity contribution in [2.75, 3.05) is 18.4 Å². The van der Waals surface area contributed by atoms with Crippen LogP contribution in [0, 0.1) is 17.0 Å². The molecule has 0 saturated heterocycles. The van der Waals surface area contributed by atoms with Crippen LogP contribution >= 0.6 is 0 Å². The number of amides is 1. The Morgan fingerprint density at radius 2 is 1.91 bits per heavy atom. The van der Waals surface area contributed by atoms with Gasteiger partial charge in [-0.15, -0.1) is 0 Å². The van der Waals surface area contributed by atoms with Gasteiger partial charge in [0, 0.05) is 18.7 Å². The number of carbonyl (C=O) groups excluding carboxylic acids is 1. The van der Waals surface area contributed by atoms with Crippen molar-refractivity contribution in [1.82, 2.24) is 5.32 Å². The quantitative estimate of drug-likeness (QED) is 0.454. The SMILES string of the molecule is Cc1cccc(NCCCCNC(=O)OC(C)(C)C)c1[N+](=O)[O-]. The fraction of sp³-hybridized carbons (Fsp3) is 0.562. The van der Waals surface area contributed by atoms with Gasteiger partial charge in [0.1, 0.15) is 11.3 Å². The third-order valence-electron chi connectivity index (χ3n) is 3.01. The van der Waals surface area contributed by atoms with Crippen molar-refractivity contribution in [2.24, 2.45) is 0 Å². The van der Waals surface area contributed by atoms with E-state index in [1.54, 1.807) is 25.1 Å². The highest BCUT2D eigenvalue weighted by Crippen LogP contribution is 2.27. The number of nitrogens with zero attached hydrogens (tertiary/aromatic N) is 1. The molecule has 1 aromatic carbocycles. The van der Waals surface area contributed by atoms with Gasteiger partial charge in [-0.05, 0) is 46.6 Å². The maximum absolute atomic E-state index is 11.4. The number of hydrogen-bond donors (Lipinski definition) is 2. The van der Waals surface area contributed by atoms with Gasteiger partial charge in [0.25, 0.3) is 5.69 Å². The monoisotopic (exact) mass is 323 g/mol. The van der Waals surface area contributed by atoms with Crippen molar-refractivity contribution < 1.29 is 14.5 Å². The van der Waals surface area contributed by atoms with Gasteiger partial charge in [0.05, 0.1) is 4.92 Å². The molecule has 0 spiro atoms. The molecule has 0 fully saturated rings. The summed E-state index contributed by atoms with van der Waals surface area (Å²) in [5.74, 6) is 0. The first-order valence-electron chi connectivity index (χ1n) is 7.65. The van der Waals surface area contributed by atoms with E-state index >= 15 is 0 Å². The molecular weight excluding hydrogens is 298 g/mol. The van der Waals surface area contributed by atoms with Crippen molar-refractivity contribution in [2.45, 2.75) is 46.1 Å². The van der Waals surface area contributed by atoms with Gasteiger partial charge in [-0.3, -0.25) is 10.1 Å². The van der Waals surface area contributed by atoms with Crippen molar-refractivity contribution in [3.05, 3.63) is 33.9 Å².